The van der Waals surface area contributed by atoms with Gasteiger partial charge < -0.3 is 9.26 Å². The van der Waals surface area contributed by atoms with Crippen LogP contribution in [-0.4, -0.2) is 39.7 Å². The molecule has 6 heteroatoms. The smallest absolute Gasteiger partial charge is 0.240 e. The Labute approximate surface area is 136 Å². The SMILES string of the molecule is CC(C)c1noc(CN2CCC(COc3ccccn3)CC2)n1. The van der Waals surface area contributed by atoms with E-state index >= 15 is 0 Å². The molecule has 0 aliphatic carbocycles. The van der Waals surface area contributed by atoms with Gasteiger partial charge >= 0.3 is 0 Å². The molecule has 1 saturated heterocycles. The van der Waals surface area contributed by atoms with Gasteiger partial charge in [-0.15, -0.1) is 0 Å². The molecule has 0 amide bonds. The first kappa shape index (κ1) is 15.9. The molecular weight excluding hydrogens is 292 g/mol. The van der Waals surface area contributed by atoms with Crippen molar-refractivity contribution < 1.29 is 9.26 Å². The average molecular weight is 316 g/mol. The van der Waals surface area contributed by atoms with Crippen LogP contribution in [0.5, 0.6) is 5.88 Å². The van der Waals surface area contributed by atoms with Crippen molar-refractivity contribution in [3.8, 4) is 5.88 Å². The minimum absolute atomic E-state index is 0.307. The average Bonchev–Trinajstić information content (AvgIpc) is 3.04. The van der Waals surface area contributed by atoms with E-state index in [1.165, 1.54) is 0 Å². The van der Waals surface area contributed by atoms with Crippen molar-refractivity contribution in [2.24, 2.45) is 5.92 Å². The Bertz CT molecular complexity index is 592. The van der Waals surface area contributed by atoms with Crippen molar-refractivity contribution in [2.75, 3.05) is 19.7 Å². The van der Waals surface area contributed by atoms with Crippen LogP contribution in [0, 0.1) is 5.92 Å². The molecule has 23 heavy (non-hydrogen) atoms. The third kappa shape index (κ3) is 4.51. The van der Waals surface area contributed by atoms with Crippen LogP contribution < -0.4 is 4.74 Å². The Morgan fingerprint density at radius 3 is 2.78 bits per heavy atom. The van der Waals surface area contributed by atoms with Crippen molar-refractivity contribution in [2.45, 2.75) is 39.2 Å². The van der Waals surface area contributed by atoms with Crippen LogP contribution in [0.15, 0.2) is 28.9 Å². The molecule has 0 radical (unpaired) electrons. The number of hydrogen-bond donors (Lipinski definition) is 0. The van der Waals surface area contributed by atoms with Crippen molar-refractivity contribution in [1.29, 1.82) is 0 Å². The second-order valence-electron chi connectivity index (χ2n) is 6.40. The minimum atomic E-state index is 0.307. The zero-order valence-corrected chi connectivity index (χ0v) is 13.8. The highest BCUT2D eigenvalue weighted by Gasteiger charge is 2.22. The maximum Gasteiger partial charge on any atom is 0.240 e. The second-order valence-corrected chi connectivity index (χ2v) is 6.40. The van der Waals surface area contributed by atoms with E-state index in [-0.39, 0.29) is 0 Å². The van der Waals surface area contributed by atoms with Crippen molar-refractivity contribution in [3.63, 3.8) is 0 Å². The highest BCUT2D eigenvalue weighted by molar-refractivity contribution is 5.09. The van der Waals surface area contributed by atoms with Crippen LogP contribution in [0.4, 0.5) is 0 Å². The second kappa shape index (κ2) is 7.55. The molecule has 0 bridgehead atoms. The molecule has 124 valence electrons. The summed E-state index contributed by atoms with van der Waals surface area (Å²) in [5, 5.41) is 4.02. The van der Waals surface area contributed by atoms with Gasteiger partial charge in [-0.2, -0.15) is 4.98 Å². The number of rotatable bonds is 6. The summed E-state index contributed by atoms with van der Waals surface area (Å²) in [4.78, 5) is 11.0. The highest BCUT2D eigenvalue weighted by atomic mass is 16.5. The zero-order valence-electron chi connectivity index (χ0n) is 13.8. The number of piperidine rings is 1. The molecule has 2 aromatic heterocycles. The quantitative estimate of drug-likeness (QED) is 0.816. The van der Waals surface area contributed by atoms with E-state index in [9.17, 15) is 0 Å². The van der Waals surface area contributed by atoms with Gasteiger partial charge in [0.25, 0.3) is 0 Å². The van der Waals surface area contributed by atoms with E-state index in [1.54, 1.807) is 6.20 Å². The lowest BCUT2D eigenvalue weighted by Crippen LogP contribution is -2.35. The normalized spacial score (nSPS) is 16.8. The maximum atomic E-state index is 5.76. The molecule has 0 N–H and O–H groups in total. The third-order valence-corrected chi connectivity index (χ3v) is 4.17. The van der Waals surface area contributed by atoms with Crippen molar-refractivity contribution >= 4 is 0 Å². The number of hydrogen-bond acceptors (Lipinski definition) is 6. The van der Waals surface area contributed by atoms with Crippen LogP contribution in [-0.2, 0) is 6.54 Å². The van der Waals surface area contributed by atoms with E-state index in [1.807, 2.05) is 18.2 Å². The topological polar surface area (TPSA) is 64.3 Å². The maximum absolute atomic E-state index is 5.76. The van der Waals surface area contributed by atoms with E-state index in [0.717, 1.165) is 50.8 Å². The van der Waals surface area contributed by atoms with Gasteiger partial charge in [0.15, 0.2) is 5.82 Å². The number of likely N-dealkylation sites (tertiary alicyclic amines) is 1. The van der Waals surface area contributed by atoms with Crippen LogP contribution in [0.2, 0.25) is 0 Å². The van der Waals surface area contributed by atoms with Crippen LogP contribution >= 0.6 is 0 Å². The molecule has 0 spiro atoms. The highest BCUT2D eigenvalue weighted by Crippen LogP contribution is 2.20. The first-order valence-electron chi connectivity index (χ1n) is 8.29. The Kier molecular flexibility index (Phi) is 5.23. The molecule has 0 unspecified atom stereocenters. The minimum Gasteiger partial charge on any atom is -0.477 e. The van der Waals surface area contributed by atoms with Crippen LogP contribution in [0.25, 0.3) is 0 Å². The predicted molar refractivity (Wildman–Crippen MR) is 86.1 cm³/mol. The summed E-state index contributed by atoms with van der Waals surface area (Å²) in [5.74, 6) is 3.11. The van der Waals surface area contributed by atoms with E-state index in [0.29, 0.717) is 17.7 Å². The standard InChI is InChI=1S/C17H24N4O2/c1-13(2)17-19-16(23-20-17)11-21-9-6-14(7-10-21)12-22-15-5-3-4-8-18-15/h3-5,8,13-14H,6-7,9-12H2,1-2H3. The summed E-state index contributed by atoms with van der Waals surface area (Å²) < 4.78 is 11.1. The van der Waals surface area contributed by atoms with Gasteiger partial charge in [-0.05, 0) is 37.9 Å². The fourth-order valence-corrected chi connectivity index (χ4v) is 2.70. The lowest BCUT2D eigenvalue weighted by atomic mass is 9.98. The zero-order chi connectivity index (χ0) is 16.1. The Hall–Kier alpha value is -1.95. The van der Waals surface area contributed by atoms with Gasteiger partial charge in [-0.25, -0.2) is 4.98 Å². The van der Waals surface area contributed by atoms with E-state index < -0.39 is 0 Å². The number of ether oxygens (including phenoxy) is 1. The number of pyridine rings is 1. The summed E-state index contributed by atoms with van der Waals surface area (Å²) in [7, 11) is 0. The summed E-state index contributed by atoms with van der Waals surface area (Å²) in [5.41, 5.74) is 0. The van der Waals surface area contributed by atoms with E-state index in [4.69, 9.17) is 9.26 Å². The predicted octanol–water partition coefficient (Wildman–Crippen LogP) is 2.88. The first-order chi connectivity index (χ1) is 11.2. The summed E-state index contributed by atoms with van der Waals surface area (Å²) in [6.45, 7) is 7.70. The largest absolute Gasteiger partial charge is 0.477 e. The Balaban J connectivity index is 1.41. The molecule has 1 aliphatic rings. The lowest BCUT2D eigenvalue weighted by Gasteiger charge is -2.30. The van der Waals surface area contributed by atoms with Crippen molar-refractivity contribution in [3.05, 3.63) is 36.1 Å². The van der Waals surface area contributed by atoms with Gasteiger partial charge in [-0.3, -0.25) is 4.90 Å². The molecule has 0 aromatic carbocycles. The lowest BCUT2D eigenvalue weighted by molar-refractivity contribution is 0.125. The molecule has 3 heterocycles. The number of aromatic nitrogens is 3. The molecule has 1 aliphatic heterocycles. The van der Waals surface area contributed by atoms with Crippen molar-refractivity contribution in [1.82, 2.24) is 20.0 Å². The molecule has 1 fully saturated rings. The first-order valence-corrected chi connectivity index (χ1v) is 8.29. The molecule has 0 atom stereocenters. The van der Waals surface area contributed by atoms with Gasteiger partial charge in [0.05, 0.1) is 13.2 Å². The summed E-state index contributed by atoms with van der Waals surface area (Å²) in [6, 6.07) is 5.74. The Morgan fingerprint density at radius 2 is 2.13 bits per heavy atom. The van der Waals surface area contributed by atoms with E-state index in [2.05, 4.69) is 33.9 Å². The van der Waals surface area contributed by atoms with Crippen LogP contribution in [0.1, 0.15) is 44.3 Å². The molecule has 6 nitrogen and oxygen atoms in total. The van der Waals surface area contributed by atoms with Gasteiger partial charge in [0.1, 0.15) is 0 Å². The molecule has 3 rings (SSSR count). The number of nitrogens with zero attached hydrogens (tertiary/aromatic N) is 4. The fraction of sp³-hybridized carbons (Fsp3) is 0.588. The Morgan fingerprint density at radius 1 is 1.30 bits per heavy atom. The van der Waals surface area contributed by atoms with Gasteiger partial charge in [-0.1, -0.05) is 25.1 Å². The molecule has 2 aromatic rings. The molecule has 0 saturated carbocycles. The molecular formula is C17H24N4O2. The van der Waals surface area contributed by atoms with Gasteiger partial charge in [0, 0.05) is 18.2 Å². The fourth-order valence-electron chi connectivity index (χ4n) is 2.70. The van der Waals surface area contributed by atoms with Crippen LogP contribution in [0.3, 0.4) is 0 Å². The third-order valence-electron chi connectivity index (χ3n) is 4.17. The summed E-state index contributed by atoms with van der Waals surface area (Å²) in [6.07, 6.45) is 4.00. The van der Waals surface area contributed by atoms with Gasteiger partial charge in [0.2, 0.25) is 11.8 Å². The summed E-state index contributed by atoms with van der Waals surface area (Å²) >= 11 is 0. The monoisotopic (exact) mass is 316 g/mol.